The predicted molar refractivity (Wildman–Crippen MR) is 118 cm³/mol. The van der Waals surface area contributed by atoms with Gasteiger partial charge in [0.1, 0.15) is 5.82 Å². The highest BCUT2D eigenvalue weighted by molar-refractivity contribution is 14.0. The number of aromatic nitrogens is 3. The number of nitrogens with one attached hydrogen (secondary N) is 3. The monoisotopic (exact) mass is 484 g/mol. The molecule has 6 nitrogen and oxygen atoms in total. The molecule has 3 rings (SSSR count). The first kappa shape index (κ1) is 21.2. The van der Waals surface area contributed by atoms with Gasteiger partial charge in [-0.15, -0.1) is 24.0 Å². The van der Waals surface area contributed by atoms with Crippen molar-refractivity contribution in [2.75, 3.05) is 20.1 Å². The van der Waals surface area contributed by atoms with E-state index in [1.165, 1.54) is 6.07 Å². The Morgan fingerprint density at radius 2 is 2.22 bits per heavy atom. The Labute approximate surface area is 175 Å². The molecule has 0 fully saturated rings. The zero-order valence-corrected chi connectivity index (χ0v) is 17.9. The van der Waals surface area contributed by atoms with Crippen LogP contribution < -0.4 is 10.6 Å². The third-order valence-electron chi connectivity index (χ3n) is 4.32. The molecule has 2 aromatic heterocycles. The highest BCUT2D eigenvalue weighted by Crippen LogP contribution is 2.19. The van der Waals surface area contributed by atoms with Crippen LogP contribution in [0.2, 0.25) is 0 Å². The first-order chi connectivity index (χ1) is 12.7. The van der Waals surface area contributed by atoms with Gasteiger partial charge in [-0.2, -0.15) is 5.10 Å². The number of nitrogens with zero attached hydrogens (tertiary/aromatic N) is 3. The molecule has 0 aliphatic heterocycles. The molecule has 0 radical (unpaired) electrons. The number of benzene rings is 1. The summed E-state index contributed by atoms with van der Waals surface area (Å²) in [5, 5.41) is 11.8. The fourth-order valence-electron chi connectivity index (χ4n) is 2.96. The molecule has 3 aromatic rings. The summed E-state index contributed by atoms with van der Waals surface area (Å²) in [7, 11) is 1.76. The Balaban J connectivity index is 0.00000261. The molecule has 1 atom stereocenters. The lowest BCUT2D eigenvalue weighted by Crippen LogP contribution is -2.40. The Kier molecular flexibility index (Phi) is 8.08. The van der Waals surface area contributed by atoms with Crippen LogP contribution in [0.1, 0.15) is 12.5 Å². The van der Waals surface area contributed by atoms with Crippen LogP contribution in [0.4, 0.5) is 4.39 Å². The van der Waals surface area contributed by atoms with Gasteiger partial charge in [0.25, 0.3) is 0 Å². The lowest BCUT2D eigenvalue weighted by molar-refractivity contribution is 0.443. The molecule has 0 saturated carbocycles. The van der Waals surface area contributed by atoms with Crippen LogP contribution in [0.15, 0.2) is 47.8 Å². The fourth-order valence-corrected chi connectivity index (χ4v) is 2.96. The van der Waals surface area contributed by atoms with Crippen LogP contribution in [0, 0.1) is 11.7 Å². The van der Waals surface area contributed by atoms with Crippen molar-refractivity contribution >= 4 is 40.8 Å². The average Bonchev–Trinajstić information content (AvgIpc) is 3.27. The summed E-state index contributed by atoms with van der Waals surface area (Å²) in [6.07, 6.45) is 6.48. The smallest absolute Gasteiger partial charge is 0.190 e. The normalized spacial score (nSPS) is 12.6. The van der Waals surface area contributed by atoms with Crippen molar-refractivity contribution in [2.45, 2.75) is 19.9 Å². The first-order valence-corrected chi connectivity index (χ1v) is 8.83. The molecule has 0 aliphatic carbocycles. The molecule has 0 spiro atoms. The highest BCUT2D eigenvalue weighted by Gasteiger charge is 2.07. The standard InChI is InChI=1S/C19H25FN6.HI/c1-14(13-26-9-3-7-25-26)11-24-19(21-2)22-8-6-15-12-23-18-5-4-16(20)10-17(15)18;/h3-5,7,9-10,12,14,23H,6,8,11,13H2,1-2H3,(H2,21,22,24);1H. The van der Waals surface area contributed by atoms with Crippen LogP contribution in [0.3, 0.4) is 0 Å². The molecule has 8 heteroatoms. The van der Waals surface area contributed by atoms with E-state index in [1.54, 1.807) is 25.4 Å². The van der Waals surface area contributed by atoms with Crippen LogP contribution in [0.5, 0.6) is 0 Å². The summed E-state index contributed by atoms with van der Waals surface area (Å²) < 4.78 is 15.4. The van der Waals surface area contributed by atoms with E-state index in [0.717, 1.165) is 48.5 Å². The van der Waals surface area contributed by atoms with Crippen molar-refractivity contribution in [1.82, 2.24) is 25.4 Å². The van der Waals surface area contributed by atoms with Crippen molar-refractivity contribution in [3.63, 3.8) is 0 Å². The second-order valence-electron chi connectivity index (χ2n) is 6.47. The number of aliphatic imine (C=N–C) groups is 1. The summed E-state index contributed by atoms with van der Waals surface area (Å²) in [5.74, 6) is 0.975. The quantitative estimate of drug-likeness (QED) is 0.274. The van der Waals surface area contributed by atoms with Gasteiger partial charge < -0.3 is 15.6 Å². The minimum atomic E-state index is -0.213. The molecule has 3 N–H and O–H groups in total. The first-order valence-electron chi connectivity index (χ1n) is 8.83. The number of H-pyrrole nitrogens is 1. The van der Waals surface area contributed by atoms with Gasteiger partial charge in [-0.3, -0.25) is 9.67 Å². The van der Waals surface area contributed by atoms with E-state index in [1.807, 2.05) is 23.1 Å². The molecule has 1 aromatic carbocycles. The fraction of sp³-hybridized carbons (Fsp3) is 0.368. The molecular formula is C19H26FIN6. The Morgan fingerprint density at radius 3 is 2.96 bits per heavy atom. The van der Waals surface area contributed by atoms with E-state index in [-0.39, 0.29) is 29.8 Å². The molecule has 0 saturated heterocycles. The van der Waals surface area contributed by atoms with Gasteiger partial charge in [0, 0.05) is 56.2 Å². The van der Waals surface area contributed by atoms with Crippen LogP contribution in [-0.2, 0) is 13.0 Å². The van der Waals surface area contributed by atoms with E-state index >= 15 is 0 Å². The molecular weight excluding hydrogens is 458 g/mol. The van der Waals surface area contributed by atoms with Gasteiger partial charge in [-0.25, -0.2) is 4.39 Å². The van der Waals surface area contributed by atoms with E-state index in [2.05, 4.69) is 32.6 Å². The van der Waals surface area contributed by atoms with Gasteiger partial charge in [0.2, 0.25) is 0 Å². The van der Waals surface area contributed by atoms with E-state index in [9.17, 15) is 4.39 Å². The highest BCUT2D eigenvalue weighted by atomic mass is 127. The second-order valence-corrected chi connectivity index (χ2v) is 6.47. The summed E-state index contributed by atoms with van der Waals surface area (Å²) in [6.45, 7) is 4.55. The van der Waals surface area contributed by atoms with Crippen LogP contribution >= 0.6 is 24.0 Å². The van der Waals surface area contributed by atoms with Crippen molar-refractivity contribution in [1.29, 1.82) is 0 Å². The average molecular weight is 484 g/mol. The molecule has 146 valence electrons. The maximum Gasteiger partial charge on any atom is 0.190 e. The minimum absolute atomic E-state index is 0. The van der Waals surface area contributed by atoms with Gasteiger partial charge in [0.15, 0.2) is 5.96 Å². The number of aromatic amines is 1. The summed E-state index contributed by atoms with van der Waals surface area (Å²) in [6, 6.07) is 6.74. The molecule has 27 heavy (non-hydrogen) atoms. The van der Waals surface area contributed by atoms with Crippen molar-refractivity contribution in [3.8, 4) is 0 Å². The SMILES string of the molecule is CN=C(NCCc1c[nH]c2ccc(F)cc12)NCC(C)Cn1cccn1.I. The van der Waals surface area contributed by atoms with Crippen molar-refractivity contribution in [2.24, 2.45) is 10.9 Å². The molecule has 0 bridgehead atoms. The van der Waals surface area contributed by atoms with Crippen molar-refractivity contribution < 1.29 is 4.39 Å². The Bertz CT molecular complexity index is 858. The maximum atomic E-state index is 13.4. The Hall–Kier alpha value is -2.10. The molecule has 2 heterocycles. The van der Waals surface area contributed by atoms with Crippen LogP contribution in [0.25, 0.3) is 10.9 Å². The molecule has 0 aliphatic rings. The topological polar surface area (TPSA) is 70.0 Å². The van der Waals surface area contributed by atoms with Crippen LogP contribution in [-0.4, -0.2) is 40.9 Å². The molecule has 1 unspecified atom stereocenters. The number of hydrogen-bond acceptors (Lipinski definition) is 2. The number of hydrogen-bond donors (Lipinski definition) is 3. The lowest BCUT2D eigenvalue weighted by Gasteiger charge is -2.16. The number of halogens is 2. The largest absolute Gasteiger partial charge is 0.361 e. The minimum Gasteiger partial charge on any atom is -0.361 e. The number of rotatable bonds is 7. The summed E-state index contributed by atoms with van der Waals surface area (Å²) in [5.41, 5.74) is 2.05. The summed E-state index contributed by atoms with van der Waals surface area (Å²) in [4.78, 5) is 7.44. The second kappa shape index (κ2) is 10.3. The van der Waals surface area contributed by atoms with E-state index in [0.29, 0.717) is 5.92 Å². The predicted octanol–water partition coefficient (Wildman–Crippen LogP) is 3.17. The van der Waals surface area contributed by atoms with Crippen molar-refractivity contribution in [3.05, 3.63) is 54.2 Å². The van der Waals surface area contributed by atoms with E-state index in [4.69, 9.17) is 0 Å². The zero-order chi connectivity index (χ0) is 18.4. The Morgan fingerprint density at radius 1 is 1.37 bits per heavy atom. The van der Waals surface area contributed by atoms with Gasteiger partial charge in [0.05, 0.1) is 0 Å². The van der Waals surface area contributed by atoms with Gasteiger partial charge >= 0.3 is 0 Å². The van der Waals surface area contributed by atoms with Gasteiger partial charge in [-0.05, 0) is 42.2 Å². The third kappa shape index (κ3) is 5.95. The number of guanidine groups is 1. The van der Waals surface area contributed by atoms with Gasteiger partial charge in [-0.1, -0.05) is 6.92 Å². The maximum absolute atomic E-state index is 13.4. The molecule has 0 amide bonds. The summed E-state index contributed by atoms with van der Waals surface area (Å²) >= 11 is 0. The lowest BCUT2D eigenvalue weighted by atomic mass is 10.1. The third-order valence-corrected chi connectivity index (χ3v) is 4.32. The zero-order valence-electron chi connectivity index (χ0n) is 15.6. The number of fused-ring (bicyclic) bond motifs is 1. The van der Waals surface area contributed by atoms with E-state index < -0.39 is 0 Å².